The van der Waals surface area contributed by atoms with Crippen LogP contribution in [0.2, 0.25) is 0 Å². The highest BCUT2D eigenvalue weighted by molar-refractivity contribution is 5.79. The van der Waals surface area contributed by atoms with E-state index in [2.05, 4.69) is 19.2 Å². The fourth-order valence-electron chi connectivity index (χ4n) is 4.00. The normalized spacial score (nSPS) is 23.2. The highest BCUT2D eigenvalue weighted by atomic mass is 16.5. The van der Waals surface area contributed by atoms with Crippen LogP contribution < -0.4 is 10.1 Å². The summed E-state index contributed by atoms with van der Waals surface area (Å²) in [5.74, 6) is 0.559. The Morgan fingerprint density at radius 2 is 2.04 bits per heavy atom. The smallest absolute Gasteiger partial charge is 0.224 e. The second-order valence-electron chi connectivity index (χ2n) is 7.48. The van der Waals surface area contributed by atoms with Gasteiger partial charge in [0.2, 0.25) is 5.91 Å². The van der Waals surface area contributed by atoms with E-state index in [1.165, 1.54) is 45.6 Å². The number of benzene rings is 1. The fraction of sp³-hybridized carbons (Fsp3) is 0.667. The molecule has 1 amide bonds. The monoisotopic (exact) mass is 347 g/mol. The molecule has 140 valence electrons. The molecule has 1 aromatic rings. The maximum atomic E-state index is 12.4. The van der Waals surface area contributed by atoms with Crippen LogP contribution in [0.3, 0.4) is 0 Å². The van der Waals surface area contributed by atoms with Gasteiger partial charge in [-0.2, -0.15) is 0 Å². The van der Waals surface area contributed by atoms with E-state index in [4.69, 9.17) is 4.74 Å². The zero-order valence-electron chi connectivity index (χ0n) is 15.9. The van der Waals surface area contributed by atoms with Gasteiger partial charge < -0.3 is 15.2 Å². The quantitative estimate of drug-likeness (QED) is 0.723. The van der Waals surface area contributed by atoms with Crippen molar-refractivity contribution in [3.63, 3.8) is 0 Å². The van der Waals surface area contributed by atoms with Crippen LogP contribution in [-0.2, 0) is 11.2 Å². The molecule has 0 atom stereocenters. The lowest BCUT2D eigenvalue weighted by atomic mass is 9.68. The third kappa shape index (κ3) is 5.38. The molecule has 0 aromatic heterocycles. The van der Waals surface area contributed by atoms with Crippen LogP contribution in [0.5, 0.6) is 11.5 Å². The van der Waals surface area contributed by atoms with Gasteiger partial charge in [0.1, 0.15) is 0 Å². The maximum Gasteiger partial charge on any atom is 0.224 e. The second kappa shape index (κ2) is 9.12. The molecule has 4 nitrogen and oxygen atoms in total. The van der Waals surface area contributed by atoms with Crippen molar-refractivity contribution >= 4 is 5.91 Å². The lowest BCUT2D eigenvalue weighted by Gasteiger charge is -2.40. The summed E-state index contributed by atoms with van der Waals surface area (Å²) < 4.78 is 5.10. The highest BCUT2D eigenvalue weighted by Gasteiger charge is 2.33. The Labute approximate surface area is 152 Å². The minimum atomic E-state index is 0.0512. The molecular weight excluding hydrogens is 314 g/mol. The summed E-state index contributed by atoms with van der Waals surface area (Å²) >= 11 is 0. The molecule has 2 N–H and O–H groups in total. The number of hydrogen-bond donors (Lipinski definition) is 2. The van der Waals surface area contributed by atoms with Crippen LogP contribution in [0, 0.1) is 5.41 Å². The molecule has 0 aliphatic heterocycles. The number of unbranched alkanes of at least 4 members (excludes halogenated alkanes) is 1. The van der Waals surface area contributed by atoms with E-state index in [0.717, 1.165) is 18.4 Å². The SMILES string of the molecule is CCCCC1(CC)CCC(NC(=O)Cc2ccc(O)c(OC)c2)CC1. The Balaban J connectivity index is 1.84. The van der Waals surface area contributed by atoms with Gasteiger partial charge in [0.15, 0.2) is 11.5 Å². The molecule has 0 saturated heterocycles. The number of hydrogen-bond acceptors (Lipinski definition) is 3. The lowest BCUT2D eigenvalue weighted by molar-refractivity contribution is -0.121. The Kier molecular flexibility index (Phi) is 7.15. The number of phenolic OH excluding ortho intramolecular Hbond substituents is 1. The molecule has 1 aliphatic rings. The van der Waals surface area contributed by atoms with Crippen molar-refractivity contribution in [2.75, 3.05) is 7.11 Å². The van der Waals surface area contributed by atoms with Gasteiger partial charge in [0.25, 0.3) is 0 Å². The van der Waals surface area contributed by atoms with E-state index < -0.39 is 0 Å². The van der Waals surface area contributed by atoms with Crippen molar-refractivity contribution in [1.29, 1.82) is 0 Å². The maximum absolute atomic E-state index is 12.4. The summed E-state index contributed by atoms with van der Waals surface area (Å²) in [5.41, 5.74) is 1.36. The number of aromatic hydroxyl groups is 1. The predicted octanol–water partition coefficient (Wildman–Crippen LogP) is 4.59. The summed E-state index contributed by atoms with van der Waals surface area (Å²) in [5, 5.41) is 12.8. The molecule has 1 aliphatic carbocycles. The number of carbonyl (C=O) groups is 1. The van der Waals surface area contributed by atoms with Gasteiger partial charge in [0, 0.05) is 6.04 Å². The average Bonchev–Trinajstić information content (AvgIpc) is 2.63. The van der Waals surface area contributed by atoms with Gasteiger partial charge in [-0.3, -0.25) is 4.79 Å². The van der Waals surface area contributed by atoms with Crippen LogP contribution in [0.1, 0.15) is 70.8 Å². The first-order chi connectivity index (χ1) is 12.0. The molecule has 1 saturated carbocycles. The van der Waals surface area contributed by atoms with Crippen LogP contribution in [0.25, 0.3) is 0 Å². The van der Waals surface area contributed by atoms with E-state index in [1.54, 1.807) is 18.2 Å². The van der Waals surface area contributed by atoms with Gasteiger partial charge in [0.05, 0.1) is 13.5 Å². The highest BCUT2D eigenvalue weighted by Crippen LogP contribution is 2.43. The zero-order chi connectivity index (χ0) is 18.3. The zero-order valence-corrected chi connectivity index (χ0v) is 15.9. The van der Waals surface area contributed by atoms with Crippen LogP contribution in [0.4, 0.5) is 0 Å². The van der Waals surface area contributed by atoms with Crippen molar-refractivity contribution in [2.24, 2.45) is 5.41 Å². The fourth-order valence-corrected chi connectivity index (χ4v) is 4.00. The largest absolute Gasteiger partial charge is 0.504 e. The van der Waals surface area contributed by atoms with Crippen molar-refractivity contribution in [3.8, 4) is 11.5 Å². The van der Waals surface area contributed by atoms with Crippen molar-refractivity contribution < 1.29 is 14.6 Å². The van der Waals surface area contributed by atoms with Crippen molar-refractivity contribution in [3.05, 3.63) is 23.8 Å². The Bertz CT molecular complexity index is 562. The number of phenols is 1. The van der Waals surface area contributed by atoms with Gasteiger partial charge in [-0.1, -0.05) is 39.2 Å². The van der Waals surface area contributed by atoms with E-state index in [9.17, 15) is 9.90 Å². The number of rotatable bonds is 8. The number of amides is 1. The van der Waals surface area contributed by atoms with Crippen LogP contribution in [-0.4, -0.2) is 24.2 Å². The first-order valence-electron chi connectivity index (χ1n) is 9.67. The number of carbonyl (C=O) groups excluding carboxylic acids is 1. The Morgan fingerprint density at radius 1 is 1.32 bits per heavy atom. The third-order valence-corrected chi connectivity index (χ3v) is 5.83. The average molecular weight is 347 g/mol. The summed E-state index contributed by atoms with van der Waals surface area (Å²) in [6, 6.07) is 5.37. The van der Waals surface area contributed by atoms with E-state index in [0.29, 0.717) is 23.6 Å². The van der Waals surface area contributed by atoms with Gasteiger partial charge >= 0.3 is 0 Å². The standard InChI is InChI=1S/C21H33NO3/c1-4-6-11-21(5-2)12-9-17(10-13-21)22-20(24)15-16-7-8-18(23)19(14-16)25-3/h7-8,14,17,23H,4-6,9-13,15H2,1-3H3,(H,22,24). The summed E-state index contributed by atoms with van der Waals surface area (Å²) in [6.45, 7) is 4.57. The number of ether oxygens (including phenoxy) is 1. The molecule has 1 fully saturated rings. The lowest BCUT2D eigenvalue weighted by Crippen LogP contribution is -2.41. The predicted molar refractivity (Wildman–Crippen MR) is 101 cm³/mol. The first kappa shape index (κ1) is 19.6. The number of nitrogens with one attached hydrogen (secondary N) is 1. The summed E-state index contributed by atoms with van der Waals surface area (Å²) in [4.78, 5) is 12.4. The molecule has 0 radical (unpaired) electrons. The van der Waals surface area contributed by atoms with Gasteiger partial charge in [-0.15, -0.1) is 0 Å². The van der Waals surface area contributed by atoms with Gasteiger partial charge in [-0.25, -0.2) is 0 Å². The van der Waals surface area contributed by atoms with Crippen LogP contribution >= 0.6 is 0 Å². The summed E-state index contributed by atoms with van der Waals surface area (Å²) in [7, 11) is 1.51. The molecule has 0 unspecified atom stereocenters. The van der Waals surface area contributed by atoms with Crippen molar-refractivity contribution in [1.82, 2.24) is 5.32 Å². The van der Waals surface area contributed by atoms with Crippen LogP contribution in [0.15, 0.2) is 18.2 Å². The molecule has 0 spiro atoms. The van der Waals surface area contributed by atoms with Gasteiger partial charge in [-0.05, 0) is 55.2 Å². The topological polar surface area (TPSA) is 58.6 Å². The minimum Gasteiger partial charge on any atom is -0.504 e. The van der Waals surface area contributed by atoms with E-state index >= 15 is 0 Å². The first-order valence-corrected chi connectivity index (χ1v) is 9.67. The Morgan fingerprint density at radius 3 is 2.64 bits per heavy atom. The van der Waals surface area contributed by atoms with E-state index in [-0.39, 0.29) is 11.7 Å². The molecule has 2 rings (SSSR count). The molecule has 0 bridgehead atoms. The molecule has 0 heterocycles. The Hall–Kier alpha value is -1.71. The molecule has 4 heteroatoms. The molecule has 25 heavy (non-hydrogen) atoms. The number of methoxy groups -OCH3 is 1. The molecule has 1 aromatic carbocycles. The van der Waals surface area contributed by atoms with E-state index in [1.807, 2.05) is 0 Å². The third-order valence-electron chi connectivity index (χ3n) is 5.83. The second-order valence-corrected chi connectivity index (χ2v) is 7.48. The summed E-state index contributed by atoms with van der Waals surface area (Å²) in [6.07, 6.45) is 10.1. The van der Waals surface area contributed by atoms with Crippen molar-refractivity contribution in [2.45, 2.75) is 77.7 Å². The minimum absolute atomic E-state index is 0.0512. The molecular formula is C21H33NO3.